The molecule has 6 nitrogen and oxygen atoms in total. The molecule has 2 aromatic heterocycles. The third-order valence-corrected chi connectivity index (χ3v) is 2.74. The van der Waals surface area contributed by atoms with Gasteiger partial charge in [0.05, 0.1) is 11.5 Å². The van der Waals surface area contributed by atoms with Gasteiger partial charge in [0.25, 0.3) is 5.89 Å². The largest absolute Gasteiger partial charge is 0.490 e. The lowest BCUT2D eigenvalue weighted by atomic mass is 10.2. The van der Waals surface area contributed by atoms with Crippen molar-refractivity contribution in [3.05, 3.63) is 30.2 Å². The maximum absolute atomic E-state index is 9.29. The lowest BCUT2D eigenvalue weighted by Crippen LogP contribution is -2.12. The summed E-state index contributed by atoms with van der Waals surface area (Å²) in [5, 5.41) is 17.8. The standard InChI is InChI=1S/C14H14N2O4/c1-8(17)7-18-11-4-3-5-12-10(11)6-13(20-12)14-16-15-9(2)19-14/h3-6,8,17H,7H2,1-2H3. The van der Waals surface area contributed by atoms with E-state index in [1.54, 1.807) is 19.9 Å². The summed E-state index contributed by atoms with van der Waals surface area (Å²) >= 11 is 0. The van der Waals surface area contributed by atoms with Crippen LogP contribution in [-0.4, -0.2) is 28.0 Å². The zero-order valence-corrected chi connectivity index (χ0v) is 11.2. The van der Waals surface area contributed by atoms with E-state index in [1.165, 1.54) is 0 Å². The van der Waals surface area contributed by atoms with Gasteiger partial charge in [0.1, 0.15) is 17.9 Å². The Labute approximate surface area is 115 Å². The highest BCUT2D eigenvalue weighted by Crippen LogP contribution is 2.32. The summed E-state index contributed by atoms with van der Waals surface area (Å²) < 4.78 is 16.6. The predicted octanol–water partition coefficient (Wildman–Crippen LogP) is 2.55. The summed E-state index contributed by atoms with van der Waals surface area (Å²) in [6.45, 7) is 3.61. The van der Waals surface area contributed by atoms with Gasteiger partial charge in [0.2, 0.25) is 5.89 Å². The molecule has 0 radical (unpaired) electrons. The monoisotopic (exact) mass is 274 g/mol. The fourth-order valence-corrected chi connectivity index (χ4v) is 1.87. The van der Waals surface area contributed by atoms with Gasteiger partial charge in [-0.1, -0.05) is 6.07 Å². The third-order valence-electron chi connectivity index (χ3n) is 2.74. The van der Waals surface area contributed by atoms with Gasteiger partial charge in [-0.25, -0.2) is 0 Å². The number of aromatic nitrogens is 2. The van der Waals surface area contributed by atoms with Crippen molar-refractivity contribution in [2.24, 2.45) is 0 Å². The summed E-state index contributed by atoms with van der Waals surface area (Å²) in [5.74, 6) is 1.95. The fourth-order valence-electron chi connectivity index (χ4n) is 1.87. The van der Waals surface area contributed by atoms with Crippen molar-refractivity contribution < 1.29 is 18.7 Å². The third kappa shape index (κ3) is 2.37. The molecule has 104 valence electrons. The first-order chi connectivity index (χ1) is 9.63. The second kappa shape index (κ2) is 4.97. The number of nitrogens with zero attached hydrogens (tertiary/aromatic N) is 2. The van der Waals surface area contributed by atoms with E-state index < -0.39 is 6.10 Å². The van der Waals surface area contributed by atoms with Crippen LogP contribution in [0.4, 0.5) is 0 Å². The molecule has 3 aromatic rings. The van der Waals surface area contributed by atoms with Crippen LogP contribution in [0.3, 0.4) is 0 Å². The number of aliphatic hydroxyl groups is 1. The minimum Gasteiger partial charge on any atom is -0.490 e. The van der Waals surface area contributed by atoms with Gasteiger partial charge in [-0.15, -0.1) is 10.2 Å². The highest BCUT2D eigenvalue weighted by Gasteiger charge is 2.15. The van der Waals surface area contributed by atoms with Gasteiger partial charge in [0, 0.05) is 13.0 Å². The van der Waals surface area contributed by atoms with E-state index in [-0.39, 0.29) is 6.61 Å². The van der Waals surface area contributed by atoms with Gasteiger partial charge in [0.15, 0.2) is 5.76 Å². The summed E-state index contributed by atoms with van der Waals surface area (Å²) in [5.41, 5.74) is 0.666. The number of rotatable bonds is 4. The number of hydrogen-bond donors (Lipinski definition) is 1. The lowest BCUT2D eigenvalue weighted by Gasteiger charge is -2.08. The minimum absolute atomic E-state index is 0.222. The normalized spacial score (nSPS) is 12.8. The molecule has 1 unspecified atom stereocenters. The van der Waals surface area contributed by atoms with Gasteiger partial charge in [-0.2, -0.15) is 0 Å². The highest BCUT2D eigenvalue weighted by molar-refractivity contribution is 5.87. The summed E-state index contributed by atoms with van der Waals surface area (Å²) in [7, 11) is 0. The van der Waals surface area contributed by atoms with Crippen molar-refractivity contribution in [2.45, 2.75) is 20.0 Å². The molecule has 20 heavy (non-hydrogen) atoms. The molecule has 1 atom stereocenters. The minimum atomic E-state index is -0.532. The van der Waals surface area contributed by atoms with Gasteiger partial charge in [-0.3, -0.25) is 0 Å². The molecule has 0 aliphatic rings. The maximum atomic E-state index is 9.29. The number of aryl methyl sites for hydroxylation is 1. The van der Waals surface area contributed by atoms with E-state index in [4.69, 9.17) is 13.6 Å². The van der Waals surface area contributed by atoms with E-state index >= 15 is 0 Å². The molecule has 0 fully saturated rings. The van der Waals surface area contributed by atoms with Crippen molar-refractivity contribution in [3.8, 4) is 17.4 Å². The Hall–Kier alpha value is -2.34. The first kappa shape index (κ1) is 12.7. The predicted molar refractivity (Wildman–Crippen MR) is 71.4 cm³/mol. The Bertz CT molecular complexity index is 730. The van der Waals surface area contributed by atoms with E-state index in [0.717, 1.165) is 5.39 Å². The average Bonchev–Trinajstić information content (AvgIpc) is 3.01. The van der Waals surface area contributed by atoms with Crippen molar-refractivity contribution in [1.29, 1.82) is 0 Å². The molecular weight excluding hydrogens is 260 g/mol. The van der Waals surface area contributed by atoms with Crippen molar-refractivity contribution in [1.82, 2.24) is 10.2 Å². The van der Waals surface area contributed by atoms with Crippen molar-refractivity contribution >= 4 is 11.0 Å². The van der Waals surface area contributed by atoms with Crippen LogP contribution in [0.25, 0.3) is 22.6 Å². The van der Waals surface area contributed by atoms with Gasteiger partial charge >= 0.3 is 0 Å². The number of fused-ring (bicyclic) bond motifs is 1. The highest BCUT2D eigenvalue weighted by atomic mass is 16.5. The zero-order chi connectivity index (χ0) is 14.1. The molecule has 0 saturated heterocycles. The molecule has 3 rings (SSSR count). The number of aliphatic hydroxyl groups excluding tert-OH is 1. The zero-order valence-electron chi connectivity index (χ0n) is 11.2. The van der Waals surface area contributed by atoms with Gasteiger partial charge in [-0.05, 0) is 19.1 Å². The SMILES string of the molecule is Cc1nnc(-c2cc3c(OCC(C)O)cccc3o2)o1. The van der Waals surface area contributed by atoms with Crippen LogP contribution >= 0.6 is 0 Å². The topological polar surface area (TPSA) is 81.5 Å². The van der Waals surface area contributed by atoms with E-state index in [2.05, 4.69) is 10.2 Å². The Morgan fingerprint density at radius 1 is 1.30 bits per heavy atom. The van der Waals surface area contributed by atoms with Crippen LogP contribution in [0, 0.1) is 6.92 Å². The summed E-state index contributed by atoms with van der Waals surface area (Å²) in [6, 6.07) is 7.27. The van der Waals surface area contributed by atoms with E-state index in [1.807, 2.05) is 18.2 Å². The molecule has 0 bridgehead atoms. The van der Waals surface area contributed by atoms with Crippen LogP contribution in [0.15, 0.2) is 33.1 Å². The molecule has 0 aliphatic carbocycles. The Morgan fingerprint density at radius 3 is 2.85 bits per heavy atom. The van der Waals surface area contributed by atoms with Crippen molar-refractivity contribution in [3.63, 3.8) is 0 Å². The fraction of sp³-hybridized carbons (Fsp3) is 0.286. The van der Waals surface area contributed by atoms with E-state index in [9.17, 15) is 5.11 Å². The Balaban J connectivity index is 2.00. The molecule has 6 heteroatoms. The molecule has 0 saturated carbocycles. The summed E-state index contributed by atoms with van der Waals surface area (Å²) in [4.78, 5) is 0. The first-order valence-corrected chi connectivity index (χ1v) is 6.27. The maximum Gasteiger partial charge on any atom is 0.283 e. The average molecular weight is 274 g/mol. The molecule has 2 heterocycles. The molecule has 0 amide bonds. The molecule has 0 spiro atoms. The quantitative estimate of drug-likeness (QED) is 0.787. The second-order valence-corrected chi connectivity index (χ2v) is 4.56. The number of furan rings is 1. The number of ether oxygens (including phenoxy) is 1. The second-order valence-electron chi connectivity index (χ2n) is 4.56. The van der Waals surface area contributed by atoms with Crippen LogP contribution < -0.4 is 4.74 Å². The van der Waals surface area contributed by atoms with E-state index in [0.29, 0.717) is 28.9 Å². The van der Waals surface area contributed by atoms with Crippen LogP contribution in [0.1, 0.15) is 12.8 Å². The Kier molecular flexibility index (Phi) is 3.15. The lowest BCUT2D eigenvalue weighted by molar-refractivity contribution is 0.123. The number of benzene rings is 1. The van der Waals surface area contributed by atoms with Crippen molar-refractivity contribution in [2.75, 3.05) is 6.61 Å². The molecule has 1 aromatic carbocycles. The molecular formula is C14H14N2O4. The number of hydrogen-bond acceptors (Lipinski definition) is 6. The molecule has 0 aliphatic heterocycles. The smallest absolute Gasteiger partial charge is 0.283 e. The van der Waals surface area contributed by atoms with Crippen LogP contribution in [0.5, 0.6) is 5.75 Å². The van der Waals surface area contributed by atoms with Crippen LogP contribution in [-0.2, 0) is 0 Å². The first-order valence-electron chi connectivity index (χ1n) is 6.27. The van der Waals surface area contributed by atoms with Crippen LogP contribution in [0.2, 0.25) is 0 Å². The van der Waals surface area contributed by atoms with Gasteiger partial charge < -0.3 is 18.7 Å². The molecule has 1 N–H and O–H groups in total. The Morgan fingerprint density at radius 2 is 2.15 bits per heavy atom. The summed E-state index contributed by atoms with van der Waals surface area (Å²) in [6.07, 6.45) is -0.532.